The molecule has 1 N–H and O–H groups in total. The van der Waals surface area contributed by atoms with E-state index in [1.807, 2.05) is 6.20 Å². The molecule has 1 heterocycles. The van der Waals surface area contributed by atoms with Crippen LogP contribution in [-0.2, 0) is 13.1 Å². The van der Waals surface area contributed by atoms with Crippen molar-refractivity contribution in [2.45, 2.75) is 72.1 Å². The highest BCUT2D eigenvalue weighted by molar-refractivity contribution is 5.14. The first kappa shape index (κ1) is 16.4. The van der Waals surface area contributed by atoms with Crippen LogP contribution in [0.2, 0.25) is 0 Å². The lowest BCUT2D eigenvalue weighted by Gasteiger charge is -2.24. The minimum Gasteiger partial charge on any atom is -0.308 e. The summed E-state index contributed by atoms with van der Waals surface area (Å²) in [6.45, 7) is 14.2. The molecule has 0 aromatic carbocycles. The fourth-order valence-corrected chi connectivity index (χ4v) is 2.48. The maximum Gasteiger partial charge on any atom is 0.0544 e. The SMILES string of the molecule is CC(C)CN(Cc1ccc(CNC(C)(C)C)cn1)C1CC1. The van der Waals surface area contributed by atoms with Gasteiger partial charge >= 0.3 is 0 Å². The van der Waals surface area contributed by atoms with Crippen molar-refractivity contribution < 1.29 is 0 Å². The Morgan fingerprint density at radius 3 is 2.48 bits per heavy atom. The third-order valence-corrected chi connectivity index (χ3v) is 3.74. The maximum atomic E-state index is 4.65. The van der Waals surface area contributed by atoms with Gasteiger partial charge in [-0.25, -0.2) is 0 Å². The van der Waals surface area contributed by atoms with Gasteiger partial charge in [-0.1, -0.05) is 19.9 Å². The molecule has 0 unspecified atom stereocenters. The lowest BCUT2D eigenvalue weighted by molar-refractivity contribution is 0.223. The summed E-state index contributed by atoms with van der Waals surface area (Å²) in [5, 5.41) is 3.50. The van der Waals surface area contributed by atoms with Crippen molar-refractivity contribution in [1.82, 2.24) is 15.2 Å². The molecule has 0 bridgehead atoms. The molecule has 0 amide bonds. The van der Waals surface area contributed by atoms with E-state index in [2.05, 4.69) is 62.0 Å². The van der Waals surface area contributed by atoms with Crippen molar-refractivity contribution in [2.75, 3.05) is 6.54 Å². The van der Waals surface area contributed by atoms with E-state index in [0.29, 0.717) is 0 Å². The van der Waals surface area contributed by atoms with Crippen LogP contribution in [0.15, 0.2) is 18.3 Å². The molecular weight excluding hydrogens is 258 g/mol. The molecular formula is C18H31N3. The first-order valence-corrected chi connectivity index (χ1v) is 8.26. The van der Waals surface area contributed by atoms with Crippen LogP contribution in [0.3, 0.4) is 0 Å². The standard InChI is InChI=1S/C18H31N3/c1-14(2)12-21(17-8-9-17)13-16-7-6-15(10-19-16)11-20-18(3,4)5/h6-7,10,14,17,20H,8-9,11-13H2,1-5H3. The van der Waals surface area contributed by atoms with Crippen LogP contribution in [0.5, 0.6) is 0 Å². The summed E-state index contributed by atoms with van der Waals surface area (Å²) < 4.78 is 0. The Hall–Kier alpha value is -0.930. The van der Waals surface area contributed by atoms with Crippen LogP contribution in [0.25, 0.3) is 0 Å². The van der Waals surface area contributed by atoms with Gasteiger partial charge in [-0.15, -0.1) is 0 Å². The number of hydrogen-bond donors (Lipinski definition) is 1. The molecule has 1 aromatic rings. The predicted octanol–water partition coefficient (Wildman–Crippen LogP) is 3.59. The monoisotopic (exact) mass is 289 g/mol. The van der Waals surface area contributed by atoms with Crippen molar-refractivity contribution in [3.8, 4) is 0 Å². The molecule has 3 heteroatoms. The van der Waals surface area contributed by atoms with E-state index < -0.39 is 0 Å². The molecule has 118 valence electrons. The third-order valence-electron chi connectivity index (χ3n) is 3.74. The third kappa shape index (κ3) is 6.15. The van der Waals surface area contributed by atoms with Crippen LogP contribution < -0.4 is 5.32 Å². The summed E-state index contributed by atoms with van der Waals surface area (Å²) in [6.07, 6.45) is 4.75. The van der Waals surface area contributed by atoms with Crippen LogP contribution in [0.1, 0.15) is 58.7 Å². The van der Waals surface area contributed by atoms with E-state index in [-0.39, 0.29) is 5.54 Å². The van der Waals surface area contributed by atoms with Gasteiger partial charge in [0.05, 0.1) is 5.69 Å². The largest absolute Gasteiger partial charge is 0.308 e. The van der Waals surface area contributed by atoms with E-state index in [9.17, 15) is 0 Å². The van der Waals surface area contributed by atoms with Gasteiger partial charge in [0.1, 0.15) is 0 Å². The molecule has 1 saturated carbocycles. The number of aromatic nitrogens is 1. The molecule has 1 aliphatic carbocycles. The molecule has 1 aromatic heterocycles. The van der Waals surface area contributed by atoms with Crippen LogP contribution in [0, 0.1) is 5.92 Å². The van der Waals surface area contributed by atoms with Gasteiger partial charge in [-0.05, 0) is 51.2 Å². The summed E-state index contributed by atoms with van der Waals surface area (Å²) in [7, 11) is 0. The van der Waals surface area contributed by atoms with E-state index >= 15 is 0 Å². The average Bonchev–Trinajstić information content (AvgIpc) is 3.20. The average molecular weight is 289 g/mol. The Morgan fingerprint density at radius 1 is 1.29 bits per heavy atom. The van der Waals surface area contributed by atoms with Gasteiger partial charge in [0, 0.05) is 37.4 Å². The van der Waals surface area contributed by atoms with Crippen LogP contribution >= 0.6 is 0 Å². The smallest absolute Gasteiger partial charge is 0.0544 e. The first-order chi connectivity index (χ1) is 9.83. The van der Waals surface area contributed by atoms with Gasteiger partial charge < -0.3 is 5.32 Å². The van der Waals surface area contributed by atoms with Crippen molar-refractivity contribution in [1.29, 1.82) is 0 Å². The molecule has 2 rings (SSSR count). The number of nitrogens with one attached hydrogen (secondary N) is 1. The minimum atomic E-state index is 0.151. The summed E-state index contributed by atoms with van der Waals surface area (Å²) in [6, 6.07) is 5.20. The van der Waals surface area contributed by atoms with E-state index in [1.165, 1.54) is 30.6 Å². The molecule has 0 aliphatic heterocycles. The lowest BCUT2D eigenvalue weighted by atomic mass is 10.1. The van der Waals surface area contributed by atoms with Gasteiger partial charge in [0.15, 0.2) is 0 Å². The number of nitrogens with zero attached hydrogens (tertiary/aromatic N) is 2. The van der Waals surface area contributed by atoms with Crippen LogP contribution in [0.4, 0.5) is 0 Å². The fraction of sp³-hybridized carbons (Fsp3) is 0.722. The second-order valence-corrected chi connectivity index (χ2v) is 7.82. The van der Waals surface area contributed by atoms with Crippen LogP contribution in [-0.4, -0.2) is 28.0 Å². The summed E-state index contributed by atoms with van der Waals surface area (Å²) >= 11 is 0. The summed E-state index contributed by atoms with van der Waals surface area (Å²) in [4.78, 5) is 7.25. The van der Waals surface area contributed by atoms with Crippen molar-refractivity contribution in [3.63, 3.8) is 0 Å². The van der Waals surface area contributed by atoms with Gasteiger partial charge in [0.2, 0.25) is 0 Å². The Morgan fingerprint density at radius 2 is 2.00 bits per heavy atom. The van der Waals surface area contributed by atoms with E-state index in [0.717, 1.165) is 25.0 Å². The molecule has 1 fully saturated rings. The first-order valence-electron chi connectivity index (χ1n) is 8.26. The second-order valence-electron chi connectivity index (χ2n) is 7.82. The van der Waals surface area contributed by atoms with Crippen molar-refractivity contribution in [2.24, 2.45) is 5.92 Å². The van der Waals surface area contributed by atoms with Gasteiger partial charge in [-0.3, -0.25) is 9.88 Å². The summed E-state index contributed by atoms with van der Waals surface area (Å²) in [5.41, 5.74) is 2.61. The van der Waals surface area contributed by atoms with E-state index in [1.54, 1.807) is 0 Å². The van der Waals surface area contributed by atoms with Crippen molar-refractivity contribution in [3.05, 3.63) is 29.6 Å². The predicted molar refractivity (Wildman–Crippen MR) is 89.1 cm³/mol. The number of hydrogen-bond acceptors (Lipinski definition) is 3. The van der Waals surface area contributed by atoms with Gasteiger partial charge in [-0.2, -0.15) is 0 Å². The molecule has 0 atom stereocenters. The number of pyridine rings is 1. The quantitative estimate of drug-likeness (QED) is 0.831. The molecule has 0 radical (unpaired) electrons. The molecule has 3 nitrogen and oxygen atoms in total. The van der Waals surface area contributed by atoms with Crippen molar-refractivity contribution >= 4 is 0 Å². The minimum absolute atomic E-state index is 0.151. The Labute approximate surface area is 130 Å². The Kier molecular flexibility index (Phi) is 5.39. The highest BCUT2D eigenvalue weighted by Gasteiger charge is 2.29. The Balaban J connectivity index is 1.89. The Bertz CT molecular complexity index is 427. The highest BCUT2D eigenvalue weighted by atomic mass is 15.2. The second kappa shape index (κ2) is 6.89. The van der Waals surface area contributed by atoms with Gasteiger partial charge in [0.25, 0.3) is 0 Å². The highest BCUT2D eigenvalue weighted by Crippen LogP contribution is 2.28. The summed E-state index contributed by atoms with van der Waals surface area (Å²) in [5.74, 6) is 0.723. The lowest BCUT2D eigenvalue weighted by Crippen LogP contribution is -2.35. The number of rotatable bonds is 7. The van der Waals surface area contributed by atoms with E-state index in [4.69, 9.17) is 0 Å². The fourth-order valence-electron chi connectivity index (χ4n) is 2.48. The zero-order chi connectivity index (χ0) is 15.5. The zero-order valence-corrected chi connectivity index (χ0v) is 14.3. The molecule has 21 heavy (non-hydrogen) atoms. The molecule has 0 spiro atoms. The maximum absolute atomic E-state index is 4.65. The topological polar surface area (TPSA) is 28.2 Å². The normalized spacial score (nSPS) is 16.0. The molecule has 0 saturated heterocycles. The zero-order valence-electron chi connectivity index (χ0n) is 14.3. The molecule has 1 aliphatic rings.